The molecule has 0 saturated carbocycles. The second-order valence-electron chi connectivity index (χ2n) is 6.55. The van der Waals surface area contributed by atoms with Crippen molar-refractivity contribution in [3.05, 3.63) is 72.0 Å². The van der Waals surface area contributed by atoms with Crippen molar-refractivity contribution < 1.29 is 9.21 Å². The molecular weight excluding hydrogens is 430 g/mol. The lowest BCUT2D eigenvalue weighted by Crippen LogP contribution is -2.32. The maximum absolute atomic E-state index is 12.9. The van der Waals surface area contributed by atoms with E-state index in [0.717, 1.165) is 16.4 Å². The average Bonchev–Trinajstić information content (AvgIpc) is 3.57. The average molecular weight is 450 g/mol. The summed E-state index contributed by atoms with van der Waals surface area (Å²) in [4.78, 5) is 15.6. The van der Waals surface area contributed by atoms with Crippen molar-refractivity contribution in [2.24, 2.45) is 0 Å². The summed E-state index contributed by atoms with van der Waals surface area (Å²) in [7, 11) is 0. The van der Waals surface area contributed by atoms with E-state index in [-0.39, 0.29) is 18.1 Å². The first-order valence-corrected chi connectivity index (χ1v) is 11.5. The van der Waals surface area contributed by atoms with Crippen LogP contribution in [0.3, 0.4) is 0 Å². The highest BCUT2D eigenvalue weighted by atomic mass is 32.2. The summed E-state index contributed by atoms with van der Waals surface area (Å²) in [5.74, 6) is 1.52. The Balaban J connectivity index is 1.54. The molecule has 0 fully saturated rings. The number of hydrogen-bond acceptors (Lipinski definition) is 7. The normalized spacial score (nSPS) is 10.7. The molecule has 4 rings (SSSR count). The predicted molar refractivity (Wildman–Crippen MR) is 120 cm³/mol. The van der Waals surface area contributed by atoms with E-state index in [1.165, 1.54) is 11.8 Å². The molecule has 0 N–H and O–H groups in total. The summed E-state index contributed by atoms with van der Waals surface area (Å²) in [5.41, 5.74) is 0.933. The van der Waals surface area contributed by atoms with Crippen LogP contribution >= 0.6 is 23.1 Å². The van der Waals surface area contributed by atoms with Crippen molar-refractivity contribution in [1.82, 2.24) is 19.7 Å². The lowest BCUT2D eigenvalue weighted by atomic mass is 10.3. The van der Waals surface area contributed by atoms with Crippen LogP contribution in [0.15, 0.2) is 75.8 Å². The van der Waals surface area contributed by atoms with Crippen molar-refractivity contribution in [2.75, 3.05) is 12.3 Å². The Hall–Kier alpha value is -3.35. The number of para-hydroxylation sites is 1. The molecule has 31 heavy (non-hydrogen) atoms. The smallest absolute Gasteiger partial charge is 0.233 e. The number of carbonyl (C=O) groups is 1. The number of rotatable bonds is 9. The highest BCUT2D eigenvalue weighted by Crippen LogP contribution is 2.30. The number of carbonyl (C=O) groups excluding carboxylic acids is 1. The molecular formula is C22H19N5O2S2. The maximum Gasteiger partial charge on any atom is 0.233 e. The third-order valence-electron chi connectivity index (χ3n) is 4.49. The zero-order chi connectivity index (χ0) is 21.5. The molecule has 1 aromatic carbocycles. The van der Waals surface area contributed by atoms with Crippen molar-refractivity contribution in [3.63, 3.8) is 0 Å². The van der Waals surface area contributed by atoms with Gasteiger partial charge in [-0.3, -0.25) is 9.36 Å². The molecule has 0 radical (unpaired) electrons. The van der Waals surface area contributed by atoms with E-state index in [1.807, 2.05) is 58.5 Å². The zero-order valence-corrected chi connectivity index (χ0v) is 18.2. The van der Waals surface area contributed by atoms with Gasteiger partial charge in [0.1, 0.15) is 5.76 Å². The molecule has 156 valence electrons. The molecule has 0 aliphatic carbocycles. The molecule has 9 heteroatoms. The van der Waals surface area contributed by atoms with Gasteiger partial charge in [-0.25, -0.2) is 0 Å². The van der Waals surface area contributed by atoms with E-state index in [4.69, 9.17) is 9.68 Å². The Labute approximate surface area is 187 Å². The summed E-state index contributed by atoms with van der Waals surface area (Å²) >= 11 is 2.92. The van der Waals surface area contributed by atoms with E-state index >= 15 is 0 Å². The third-order valence-corrected chi connectivity index (χ3v) is 6.27. The van der Waals surface area contributed by atoms with Gasteiger partial charge in [0.15, 0.2) is 11.0 Å². The van der Waals surface area contributed by atoms with Gasteiger partial charge in [0, 0.05) is 12.2 Å². The summed E-state index contributed by atoms with van der Waals surface area (Å²) < 4.78 is 7.34. The van der Waals surface area contributed by atoms with Gasteiger partial charge in [-0.2, -0.15) is 5.26 Å². The van der Waals surface area contributed by atoms with Crippen LogP contribution < -0.4 is 0 Å². The van der Waals surface area contributed by atoms with Crippen LogP contribution in [0.1, 0.15) is 12.2 Å². The van der Waals surface area contributed by atoms with Gasteiger partial charge >= 0.3 is 0 Å². The van der Waals surface area contributed by atoms with Gasteiger partial charge < -0.3 is 9.32 Å². The van der Waals surface area contributed by atoms with E-state index in [2.05, 4.69) is 16.3 Å². The first kappa shape index (κ1) is 20.9. The molecule has 0 spiro atoms. The number of hydrogen-bond donors (Lipinski definition) is 0. The minimum absolute atomic E-state index is 0.0862. The fourth-order valence-corrected chi connectivity index (χ4v) is 4.58. The predicted octanol–water partition coefficient (Wildman–Crippen LogP) is 4.62. The number of benzene rings is 1. The molecule has 4 aromatic rings. The van der Waals surface area contributed by atoms with E-state index in [0.29, 0.717) is 24.0 Å². The largest absolute Gasteiger partial charge is 0.467 e. The fourth-order valence-electron chi connectivity index (χ4n) is 3.02. The second-order valence-corrected chi connectivity index (χ2v) is 8.44. The number of amides is 1. The van der Waals surface area contributed by atoms with E-state index in [9.17, 15) is 4.79 Å². The Morgan fingerprint density at radius 3 is 2.74 bits per heavy atom. The number of aromatic nitrogens is 3. The van der Waals surface area contributed by atoms with Crippen LogP contribution in [0, 0.1) is 11.3 Å². The van der Waals surface area contributed by atoms with Crippen LogP contribution in [0.4, 0.5) is 0 Å². The van der Waals surface area contributed by atoms with Crippen LogP contribution in [0.2, 0.25) is 0 Å². The van der Waals surface area contributed by atoms with Crippen molar-refractivity contribution in [3.8, 4) is 22.5 Å². The van der Waals surface area contributed by atoms with Crippen molar-refractivity contribution in [2.45, 2.75) is 18.1 Å². The Morgan fingerprint density at radius 2 is 2.03 bits per heavy atom. The highest BCUT2D eigenvalue weighted by Gasteiger charge is 2.20. The topological polar surface area (TPSA) is 87.9 Å². The fraction of sp³-hybridized carbons (Fsp3) is 0.182. The second kappa shape index (κ2) is 10.1. The zero-order valence-electron chi connectivity index (χ0n) is 16.5. The summed E-state index contributed by atoms with van der Waals surface area (Å²) in [6, 6.07) is 19.5. The standard InChI is InChI=1S/C22H19N5O2S2/c23-11-6-12-26(15-18-9-4-13-29-18)20(28)16-31-22-25-24-21(19-10-5-14-30-19)27(22)17-7-2-1-3-8-17/h1-5,7-10,13-14H,6,12,15-16H2. The summed E-state index contributed by atoms with van der Waals surface area (Å²) in [6.07, 6.45) is 1.84. The lowest BCUT2D eigenvalue weighted by molar-refractivity contribution is -0.129. The van der Waals surface area contributed by atoms with Crippen LogP contribution in [0.25, 0.3) is 16.4 Å². The number of nitriles is 1. The molecule has 0 saturated heterocycles. The molecule has 3 heterocycles. The van der Waals surface area contributed by atoms with Gasteiger partial charge in [0.2, 0.25) is 5.91 Å². The first-order valence-electron chi connectivity index (χ1n) is 9.61. The van der Waals surface area contributed by atoms with E-state index in [1.54, 1.807) is 28.6 Å². The van der Waals surface area contributed by atoms with Crippen LogP contribution in [-0.2, 0) is 11.3 Å². The maximum atomic E-state index is 12.9. The monoisotopic (exact) mass is 449 g/mol. The first-order chi connectivity index (χ1) is 15.3. The SMILES string of the molecule is N#CCCN(Cc1ccco1)C(=O)CSc1nnc(-c2cccs2)n1-c1ccccc1. The number of thioether (sulfide) groups is 1. The molecule has 1 amide bonds. The molecule has 0 aliphatic rings. The molecule has 0 atom stereocenters. The molecule has 0 bridgehead atoms. The van der Waals surface area contributed by atoms with E-state index < -0.39 is 0 Å². The molecule has 0 aliphatic heterocycles. The highest BCUT2D eigenvalue weighted by molar-refractivity contribution is 7.99. The Bertz CT molecular complexity index is 1150. The Morgan fingerprint density at radius 1 is 1.16 bits per heavy atom. The number of thiophene rings is 1. The third kappa shape index (κ3) is 5.05. The van der Waals surface area contributed by atoms with Gasteiger partial charge in [-0.05, 0) is 35.7 Å². The number of nitrogens with zero attached hydrogens (tertiary/aromatic N) is 5. The minimum atomic E-state index is -0.0862. The van der Waals surface area contributed by atoms with Gasteiger partial charge in [0.05, 0.1) is 35.9 Å². The van der Waals surface area contributed by atoms with Crippen molar-refractivity contribution in [1.29, 1.82) is 5.26 Å². The molecule has 3 aromatic heterocycles. The molecule has 0 unspecified atom stereocenters. The summed E-state index contributed by atoms with van der Waals surface area (Å²) in [5, 5.41) is 20.3. The number of furan rings is 1. The summed E-state index contributed by atoms with van der Waals surface area (Å²) in [6.45, 7) is 0.683. The Kier molecular flexibility index (Phi) is 6.82. The van der Waals surface area contributed by atoms with Gasteiger partial charge in [0.25, 0.3) is 0 Å². The van der Waals surface area contributed by atoms with Crippen LogP contribution in [-0.4, -0.2) is 37.9 Å². The van der Waals surface area contributed by atoms with Gasteiger partial charge in [-0.15, -0.1) is 21.5 Å². The minimum Gasteiger partial charge on any atom is -0.467 e. The molecule has 7 nitrogen and oxygen atoms in total. The van der Waals surface area contributed by atoms with Gasteiger partial charge in [-0.1, -0.05) is 36.0 Å². The van der Waals surface area contributed by atoms with Crippen LogP contribution in [0.5, 0.6) is 0 Å². The van der Waals surface area contributed by atoms with Crippen molar-refractivity contribution >= 4 is 29.0 Å². The lowest BCUT2D eigenvalue weighted by Gasteiger charge is -2.20. The quantitative estimate of drug-likeness (QED) is 0.346.